The first kappa shape index (κ1) is 19.7. The Hall–Kier alpha value is -3.20. The molecule has 160 valence electrons. The fraction of sp³-hybridized carbons (Fsp3) is 0.318. The molecule has 31 heavy (non-hydrogen) atoms. The second-order valence-electron chi connectivity index (χ2n) is 8.02. The molecule has 2 aliphatic rings. The lowest BCUT2D eigenvalue weighted by molar-refractivity contribution is -0.137. The molecule has 9 heteroatoms. The Morgan fingerprint density at radius 2 is 1.90 bits per heavy atom. The van der Waals surface area contributed by atoms with E-state index >= 15 is 0 Å². The number of hydrogen-bond donors (Lipinski definition) is 2. The van der Waals surface area contributed by atoms with Crippen molar-refractivity contribution in [1.29, 1.82) is 0 Å². The van der Waals surface area contributed by atoms with Crippen LogP contribution in [0, 0.1) is 0 Å². The van der Waals surface area contributed by atoms with E-state index in [1.165, 1.54) is 16.8 Å². The number of benzene rings is 2. The number of nitrogens with zero attached hydrogens (tertiary/aromatic N) is 3. The highest BCUT2D eigenvalue weighted by Crippen LogP contribution is 2.46. The fourth-order valence-electron chi connectivity index (χ4n) is 3.95. The third-order valence-electron chi connectivity index (χ3n) is 5.81. The van der Waals surface area contributed by atoms with Crippen molar-refractivity contribution in [3.63, 3.8) is 0 Å². The zero-order valence-corrected chi connectivity index (χ0v) is 16.5. The normalized spacial score (nSPS) is 19.6. The molecule has 1 atom stereocenters. The molecule has 1 unspecified atom stereocenters. The fourth-order valence-corrected chi connectivity index (χ4v) is 3.95. The number of anilines is 1. The molecule has 1 fully saturated rings. The van der Waals surface area contributed by atoms with Gasteiger partial charge in [0, 0.05) is 17.6 Å². The van der Waals surface area contributed by atoms with E-state index in [0.717, 1.165) is 24.5 Å². The van der Waals surface area contributed by atoms with Crippen LogP contribution in [0.2, 0.25) is 0 Å². The van der Waals surface area contributed by atoms with Crippen LogP contribution in [-0.4, -0.2) is 33.3 Å². The van der Waals surface area contributed by atoms with Crippen LogP contribution in [0.3, 0.4) is 0 Å². The number of hydrogen-bond acceptors (Lipinski definition) is 5. The van der Waals surface area contributed by atoms with E-state index in [9.17, 15) is 18.0 Å². The van der Waals surface area contributed by atoms with E-state index in [-0.39, 0.29) is 18.4 Å². The number of halogens is 3. The van der Waals surface area contributed by atoms with Gasteiger partial charge in [0.2, 0.25) is 5.95 Å². The number of rotatable bonds is 5. The number of carbonyl (C=O) groups is 1. The molecule has 1 saturated carbocycles. The molecule has 2 N–H and O–H groups in total. The Kier molecular flexibility index (Phi) is 4.58. The standard InChI is InChI=1S/C22H20F3N5O/c23-22(24,25)16-8-4-7-15(11-16)21(9-10-21)26-13-17-12-18(31)30-20(27-17)28-19(29-30)14-5-2-1-3-6-14/h1-8,11,17,26H,9-10,12-13H2,(H,27,28,29). The van der Waals surface area contributed by atoms with Gasteiger partial charge in [-0.1, -0.05) is 42.5 Å². The van der Waals surface area contributed by atoms with E-state index in [2.05, 4.69) is 20.7 Å². The van der Waals surface area contributed by atoms with Gasteiger partial charge in [0.15, 0.2) is 5.82 Å². The molecule has 1 aromatic heterocycles. The number of carbonyl (C=O) groups excluding carboxylic acids is 1. The molecule has 1 aliphatic heterocycles. The molecular weight excluding hydrogens is 407 g/mol. The minimum atomic E-state index is -4.37. The summed E-state index contributed by atoms with van der Waals surface area (Å²) >= 11 is 0. The predicted molar refractivity (Wildman–Crippen MR) is 108 cm³/mol. The first-order valence-corrected chi connectivity index (χ1v) is 10.1. The zero-order chi connectivity index (χ0) is 21.6. The summed E-state index contributed by atoms with van der Waals surface area (Å²) in [5, 5.41) is 10.9. The number of nitrogens with one attached hydrogen (secondary N) is 2. The molecule has 0 bridgehead atoms. The highest BCUT2D eigenvalue weighted by Gasteiger charge is 2.45. The molecule has 0 radical (unpaired) electrons. The summed E-state index contributed by atoms with van der Waals surface area (Å²) in [7, 11) is 0. The maximum Gasteiger partial charge on any atom is 0.416 e. The smallest absolute Gasteiger partial charge is 0.349 e. The minimum Gasteiger partial charge on any atom is -0.349 e. The first-order valence-electron chi connectivity index (χ1n) is 10.1. The Morgan fingerprint density at radius 3 is 2.61 bits per heavy atom. The Labute approximate surface area is 176 Å². The quantitative estimate of drug-likeness (QED) is 0.642. The molecule has 2 heterocycles. The van der Waals surface area contributed by atoms with E-state index in [1.807, 2.05) is 30.3 Å². The molecule has 6 nitrogen and oxygen atoms in total. The summed E-state index contributed by atoms with van der Waals surface area (Å²) in [5.74, 6) is 0.678. The molecule has 5 rings (SSSR count). The Balaban J connectivity index is 1.29. The summed E-state index contributed by atoms with van der Waals surface area (Å²) in [5.41, 5.74) is 0.312. The molecular formula is C22H20F3N5O. The van der Waals surface area contributed by atoms with Crippen LogP contribution in [0.15, 0.2) is 54.6 Å². The van der Waals surface area contributed by atoms with E-state index in [1.54, 1.807) is 6.07 Å². The van der Waals surface area contributed by atoms with Crippen LogP contribution in [0.5, 0.6) is 0 Å². The van der Waals surface area contributed by atoms with Crippen LogP contribution in [0.25, 0.3) is 11.4 Å². The molecule has 3 aromatic rings. The van der Waals surface area contributed by atoms with Gasteiger partial charge in [0.1, 0.15) is 0 Å². The molecule has 2 aromatic carbocycles. The van der Waals surface area contributed by atoms with Crippen molar-refractivity contribution in [3.05, 3.63) is 65.7 Å². The minimum absolute atomic E-state index is 0.167. The van der Waals surface area contributed by atoms with Crippen LogP contribution in [0.1, 0.15) is 35.2 Å². The first-order chi connectivity index (χ1) is 14.8. The van der Waals surface area contributed by atoms with Crippen molar-refractivity contribution in [2.75, 3.05) is 11.9 Å². The maximum atomic E-state index is 13.1. The van der Waals surface area contributed by atoms with Gasteiger partial charge in [0.05, 0.1) is 18.0 Å². The van der Waals surface area contributed by atoms with Crippen molar-refractivity contribution in [2.24, 2.45) is 0 Å². The lowest BCUT2D eigenvalue weighted by Crippen LogP contribution is -2.44. The SMILES string of the molecule is O=C1CC(CNC2(c3cccc(C(F)(F)F)c3)CC2)Nc2nc(-c3ccccc3)nn21. The molecule has 1 aliphatic carbocycles. The van der Waals surface area contributed by atoms with E-state index in [4.69, 9.17) is 0 Å². The van der Waals surface area contributed by atoms with Gasteiger partial charge in [-0.05, 0) is 30.5 Å². The van der Waals surface area contributed by atoms with E-state index < -0.39 is 17.3 Å². The van der Waals surface area contributed by atoms with Gasteiger partial charge < -0.3 is 10.6 Å². The summed E-state index contributed by atoms with van der Waals surface area (Å²) in [6.45, 7) is 0.426. The molecule has 0 amide bonds. The van der Waals surface area contributed by atoms with Crippen LogP contribution >= 0.6 is 0 Å². The van der Waals surface area contributed by atoms with Crippen LogP contribution < -0.4 is 10.6 Å². The summed E-state index contributed by atoms with van der Waals surface area (Å²) < 4.78 is 40.5. The van der Waals surface area contributed by atoms with Gasteiger partial charge in [0.25, 0.3) is 5.91 Å². The largest absolute Gasteiger partial charge is 0.416 e. The van der Waals surface area contributed by atoms with Crippen molar-refractivity contribution < 1.29 is 18.0 Å². The van der Waals surface area contributed by atoms with Crippen LogP contribution in [-0.2, 0) is 11.7 Å². The topological polar surface area (TPSA) is 71.8 Å². The average molecular weight is 427 g/mol. The zero-order valence-electron chi connectivity index (χ0n) is 16.5. The van der Waals surface area contributed by atoms with E-state index in [0.29, 0.717) is 23.9 Å². The summed E-state index contributed by atoms with van der Waals surface area (Å²) in [6.07, 6.45) is -2.65. The van der Waals surface area contributed by atoms with Crippen LogP contribution in [0.4, 0.5) is 19.1 Å². The average Bonchev–Trinajstić information content (AvgIpc) is 3.43. The summed E-state index contributed by atoms with van der Waals surface area (Å²) in [6, 6.07) is 14.6. The van der Waals surface area contributed by atoms with Crippen molar-refractivity contribution in [1.82, 2.24) is 20.1 Å². The lowest BCUT2D eigenvalue weighted by Gasteiger charge is -2.27. The maximum absolute atomic E-state index is 13.1. The van der Waals surface area contributed by atoms with Gasteiger partial charge in [-0.3, -0.25) is 4.79 Å². The number of aromatic nitrogens is 3. The highest BCUT2D eigenvalue weighted by molar-refractivity contribution is 5.84. The third kappa shape index (κ3) is 3.81. The monoisotopic (exact) mass is 427 g/mol. The van der Waals surface area contributed by atoms with Gasteiger partial charge in [-0.25, -0.2) is 0 Å². The second kappa shape index (κ2) is 7.19. The molecule has 0 saturated heterocycles. The number of fused-ring (bicyclic) bond motifs is 1. The van der Waals surface area contributed by atoms with Gasteiger partial charge >= 0.3 is 6.18 Å². The predicted octanol–water partition coefficient (Wildman–Crippen LogP) is 4.07. The highest BCUT2D eigenvalue weighted by atomic mass is 19.4. The summed E-state index contributed by atoms with van der Waals surface area (Å²) in [4.78, 5) is 17.0. The third-order valence-corrected chi connectivity index (χ3v) is 5.81. The van der Waals surface area contributed by atoms with Gasteiger partial charge in [-0.2, -0.15) is 22.8 Å². The molecule has 0 spiro atoms. The Morgan fingerprint density at radius 1 is 1.13 bits per heavy atom. The van der Waals surface area contributed by atoms with Crippen molar-refractivity contribution in [3.8, 4) is 11.4 Å². The Bertz CT molecular complexity index is 1120. The van der Waals surface area contributed by atoms with Gasteiger partial charge in [-0.15, -0.1) is 5.10 Å². The second-order valence-corrected chi connectivity index (χ2v) is 8.02. The van der Waals surface area contributed by atoms with Crippen molar-refractivity contribution in [2.45, 2.75) is 37.0 Å². The lowest BCUT2D eigenvalue weighted by atomic mass is 10.0. The number of alkyl halides is 3. The van der Waals surface area contributed by atoms with Crippen molar-refractivity contribution >= 4 is 11.9 Å².